The summed E-state index contributed by atoms with van der Waals surface area (Å²) in [6.07, 6.45) is 1.79. The molecular formula is C19H30N2O3. The van der Waals surface area contributed by atoms with E-state index >= 15 is 0 Å². The van der Waals surface area contributed by atoms with Crippen molar-refractivity contribution < 1.29 is 15.0 Å². The third-order valence-electron chi connectivity index (χ3n) is 5.13. The van der Waals surface area contributed by atoms with Gasteiger partial charge in [-0.2, -0.15) is 0 Å². The molecule has 1 fully saturated rings. The Labute approximate surface area is 144 Å². The molecule has 1 aromatic carbocycles. The van der Waals surface area contributed by atoms with E-state index in [-0.39, 0.29) is 12.5 Å². The lowest BCUT2D eigenvalue weighted by Crippen LogP contribution is -2.55. The van der Waals surface area contributed by atoms with Gasteiger partial charge in [-0.1, -0.05) is 37.6 Å². The van der Waals surface area contributed by atoms with Crippen molar-refractivity contribution in [2.75, 3.05) is 26.2 Å². The third-order valence-corrected chi connectivity index (χ3v) is 5.13. The van der Waals surface area contributed by atoms with Crippen molar-refractivity contribution in [3.8, 4) is 0 Å². The predicted octanol–water partition coefficient (Wildman–Crippen LogP) is 1.46. The van der Waals surface area contributed by atoms with E-state index in [0.717, 1.165) is 18.4 Å². The number of carbonyl (C=O) groups excluding carboxylic acids is 1. The van der Waals surface area contributed by atoms with E-state index in [1.54, 1.807) is 0 Å². The maximum Gasteiger partial charge on any atom is 0.234 e. The molecule has 0 spiro atoms. The summed E-state index contributed by atoms with van der Waals surface area (Å²) in [6, 6.07) is 8.02. The average molecular weight is 334 g/mol. The zero-order valence-electron chi connectivity index (χ0n) is 14.8. The van der Waals surface area contributed by atoms with Gasteiger partial charge in [0, 0.05) is 25.0 Å². The van der Waals surface area contributed by atoms with Crippen LogP contribution in [-0.4, -0.2) is 53.4 Å². The molecule has 1 aromatic rings. The van der Waals surface area contributed by atoms with E-state index in [1.165, 1.54) is 5.56 Å². The van der Waals surface area contributed by atoms with Crippen LogP contribution in [-0.2, 0) is 11.3 Å². The van der Waals surface area contributed by atoms with E-state index in [4.69, 9.17) is 0 Å². The van der Waals surface area contributed by atoms with E-state index < -0.39 is 11.5 Å². The molecule has 0 saturated carbocycles. The molecule has 1 saturated heterocycles. The summed E-state index contributed by atoms with van der Waals surface area (Å²) in [5.41, 5.74) is 1.79. The highest BCUT2D eigenvalue weighted by molar-refractivity contribution is 5.78. The molecule has 1 amide bonds. The van der Waals surface area contributed by atoms with Crippen LogP contribution in [0.25, 0.3) is 0 Å². The molecule has 2 atom stereocenters. The van der Waals surface area contributed by atoms with Gasteiger partial charge in [0.05, 0.1) is 19.3 Å². The van der Waals surface area contributed by atoms with Gasteiger partial charge in [-0.3, -0.25) is 9.69 Å². The van der Waals surface area contributed by atoms with Crippen LogP contribution >= 0.6 is 0 Å². The van der Waals surface area contributed by atoms with E-state index in [0.29, 0.717) is 32.6 Å². The molecule has 0 unspecified atom stereocenters. The zero-order valence-corrected chi connectivity index (χ0v) is 14.8. The van der Waals surface area contributed by atoms with Crippen LogP contribution in [0, 0.1) is 12.3 Å². The summed E-state index contributed by atoms with van der Waals surface area (Å²) in [6.45, 7) is 6.14. The van der Waals surface area contributed by atoms with Gasteiger partial charge < -0.3 is 15.5 Å². The first-order valence-electron chi connectivity index (χ1n) is 8.83. The second-order valence-corrected chi connectivity index (χ2v) is 6.99. The van der Waals surface area contributed by atoms with Crippen molar-refractivity contribution in [1.82, 2.24) is 10.2 Å². The number of piperidine rings is 1. The van der Waals surface area contributed by atoms with Crippen LogP contribution < -0.4 is 5.32 Å². The minimum atomic E-state index is -0.497. The van der Waals surface area contributed by atoms with Crippen LogP contribution in [0.4, 0.5) is 0 Å². The lowest BCUT2D eigenvalue weighted by molar-refractivity contribution is -0.126. The third kappa shape index (κ3) is 4.56. The molecule has 2 rings (SSSR count). The smallest absolute Gasteiger partial charge is 0.234 e. The van der Waals surface area contributed by atoms with Crippen LogP contribution in [0.1, 0.15) is 37.3 Å². The number of aryl methyl sites for hydroxylation is 1. The number of hydrogen-bond acceptors (Lipinski definition) is 4. The highest BCUT2D eigenvalue weighted by Crippen LogP contribution is 2.34. The predicted molar refractivity (Wildman–Crippen MR) is 94.5 cm³/mol. The number of carbonyl (C=O) groups is 1. The molecule has 1 heterocycles. The summed E-state index contributed by atoms with van der Waals surface area (Å²) in [5.74, 6) is -0.0158. The lowest BCUT2D eigenvalue weighted by atomic mass is 9.74. The molecule has 134 valence electrons. The van der Waals surface area contributed by atoms with E-state index in [9.17, 15) is 15.0 Å². The first-order chi connectivity index (χ1) is 11.5. The first kappa shape index (κ1) is 18.9. The molecule has 5 nitrogen and oxygen atoms in total. The molecule has 1 aliphatic heterocycles. The SMILES string of the molecule is CCC[C@@]1(CO)CN(CC(=O)NCc2ccccc2C)CC[C@H]1O. The Balaban J connectivity index is 1.88. The second-order valence-electron chi connectivity index (χ2n) is 6.99. The average Bonchev–Trinajstić information content (AvgIpc) is 2.57. The largest absolute Gasteiger partial charge is 0.396 e. The van der Waals surface area contributed by atoms with Crippen molar-refractivity contribution in [1.29, 1.82) is 0 Å². The van der Waals surface area contributed by atoms with Gasteiger partial charge in [-0.25, -0.2) is 0 Å². The number of amides is 1. The normalized spacial score (nSPS) is 24.8. The Morgan fingerprint density at radius 1 is 1.42 bits per heavy atom. The van der Waals surface area contributed by atoms with Crippen LogP contribution in [0.5, 0.6) is 0 Å². The first-order valence-corrected chi connectivity index (χ1v) is 8.83. The zero-order chi connectivity index (χ0) is 17.6. The Hall–Kier alpha value is -1.43. The minimum Gasteiger partial charge on any atom is -0.396 e. The fraction of sp³-hybridized carbons (Fsp3) is 0.632. The topological polar surface area (TPSA) is 72.8 Å². The number of nitrogens with zero attached hydrogens (tertiary/aromatic N) is 1. The van der Waals surface area contributed by atoms with Gasteiger partial charge in [-0.15, -0.1) is 0 Å². The Kier molecular flexibility index (Phi) is 6.78. The number of hydrogen-bond donors (Lipinski definition) is 3. The Bertz CT molecular complexity index is 549. The van der Waals surface area contributed by atoms with Crippen LogP contribution in [0.3, 0.4) is 0 Å². The van der Waals surface area contributed by atoms with Gasteiger partial charge >= 0.3 is 0 Å². The Morgan fingerprint density at radius 3 is 2.83 bits per heavy atom. The number of benzene rings is 1. The van der Waals surface area contributed by atoms with Gasteiger partial charge in [0.2, 0.25) is 5.91 Å². The highest BCUT2D eigenvalue weighted by Gasteiger charge is 2.41. The fourth-order valence-corrected chi connectivity index (χ4v) is 3.61. The molecule has 0 aromatic heterocycles. The van der Waals surface area contributed by atoms with Crippen molar-refractivity contribution in [3.63, 3.8) is 0 Å². The Morgan fingerprint density at radius 2 is 2.17 bits per heavy atom. The summed E-state index contributed by atoms with van der Waals surface area (Å²) < 4.78 is 0. The van der Waals surface area contributed by atoms with Crippen molar-refractivity contribution in [2.24, 2.45) is 5.41 Å². The van der Waals surface area contributed by atoms with Crippen LogP contribution in [0.15, 0.2) is 24.3 Å². The number of nitrogens with one attached hydrogen (secondary N) is 1. The molecule has 0 radical (unpaired) electrons. The summed E-state index contributed by atoms with van der Waals surface area (Å²) in [7, 11) is 0. The molecular weight excluding hydrogens is 304 g/mol. The monoisotopic (exact) mass is 334 g/mol. The second kappa shape index (κ2) is 8.60. The maximum absolute atomic E-state index is 12.3. The highest BCUT2D eigenvalue weighted by atomic mass is 16.3. The molecule has 24 heavy (non-hydrogen) atoms. The standard InChI is InChI=1S/C19H30N2O3/c1-3-9-19(14-22)13-21(10-8-17(19)23)12-18(24)20-11-16-7-5-4-6-15(16)2/h4-7,17,22-23H,3,8-14H2,1-2H3,(H,20,24)/t17-,19+/m1/s1. The quantitative estimate of drug-likeness (QED) is 0.706. The van der Waals surface area contributed by atoms with Gasteiger partial charge in [0.25, 0.3) is 0 Å². The van der Waals surface area contributed by atoms with Gasteiger partial charge in [0.1, 0.15) is 0 Å². The van der Waals surface area contributed by atoms with Crippen LogP contribution in [0.2, 0.25) is 0 Å². The molecule has 5 heteroatoms. The molecule has 0 aliphatic carbocycles. The summed E-state index contributed by atoms with van der Waals surface area (Å²) >= 11 is 0. The number of aliphatic hydroxyl groups excluding tert-OH is 2. The molecule has 3 N–H and O–H groups in total. The summed E-state index contributed by atoms with van der Waals surface area (Å²) in [4.78, 5) is 14.3. The number of likely N-dealkylation sites (tertiary alicyclic amines) is 1. The molecule has 0 bridgehead atoms. The van der Waals surface area contributed by atoms with Crippen molar-refractivity contribution in [2.45, 2.75) is 45.8 Å². The minimum absolute atomic E-state index is 0.0158. The van der Waals surface area contributed by atoms with E-state index in [2.05, 4.69) is 12.2 Å². The fourth-order valence-electron chi connectivity index (χ4n) is 3.61. The van der Waals surface area contributed by atoms with Crippen molar-refractivity contribution in [3.05, 3.63) is 35.4 Å². The lowest BCUT2D eigenvalue weighted by Gasteiger charge is -2.45. The summed E-state index contributed by atoms with van der Waals surface area (Å²) in [5, 5.41) is 23.1. The van der Waals surface area contributed by atoms with Crippen molar-refractivity contribution >= 4 is 5.91 Å². The van der Waals surface area contributed by atoms with Gasteiger partial charge in [-0.05, 0) is 30.9 Å². The number of rotatable bonds is 7. The maximum atomic E-state index is 12.3. The van der Waals surface area contributed by atoms with Gasteiger partial charge in [0.15, 0.2) is 0 Å². The molecule has 1 aliphatic rings. The van der Waals surface area contributed by atoms with E-state index in [1.807, 2.05) is 36.1 Å². The number of aliphatic hydroxyl groups is 2.